The summed E-state index contributed by atoms with van der Waals surface area (Å²) in [6.07, 6.45) is 0.225. The fourth-order valence-electron chi connectivity index (χ4n) is 2.97. The van der Waals surface area contributed by atoms with Crippen molar-refractivity contribution in [2.24, 2.45) is 10.2 Å². The summed E-state index contributed by atoms with van der Waals surface area (Å²) >= 11 is 3.09. The Morgan fingerprint density at radius 3 is 2.27 bits per heavy atom. The molecule has 2 aromatic rings. The number of nitro groups is 2. The predicted molar refractivity (Wildman–Crippen MR) is 127 cm³/mol. The first kappa shape index (κ1) is 25.6. The fraction of sp³-hybridized carbons (Fsp3) is 0.350. The lowest BCUT2D eigenvalue weighted by Gasteiger charge is -2.24. The third-order valence-electron chi connectivity index (χ3n) is 4.69. The molecule has 0 aliphatic heterocycles. The Morgan fingerprint density at radius 1 is 1.09 bits per heavy atom. The molecule has 0 aromatic heterocycles. The monoisotopic (exact) mass is 522 g/mol. The molecule has 1 amide bonds. The molecule has 0 bridgehead atoms. The first-order valence-corrected chi connectivity index (χ1v) is 10.8. The molecule has 0 unspecified atom stereocenters. The number of non-ortho nitro benzene ring substituents is 1. The van der Waals surface area contributed by atoms with Gasteiger partial charge in [-0.3, -0.25) is 25.0 Å². The van der Waals surface area contributed by atoms with E-state index in [4.69, 9.17) is 4.74 Å². The number of hydrogen-bond donors (Lipinski definition) is 1. The molecule has 0 spiro atoms. The number of carbonyl (C=O) groups is 1. The van der Waals surface area contributed by atoms with E-state index in [1.165, 1.54) is 7.11 Å². The molecule has 12 nitrogen and oxygen atoms in total. The molecule has 0 aliphatic carbocycles. The second kappa shape index (κ2) is 11.3. The number of benzene rings is 2. The zero-order valence-electron chi connectivity index (χ0n) is 18.5. The number of carbonyl (C=O) groups excluding carboxylic acids is 1. The molecular formula is C20H23BrN6O6. The van der Waals surface area contributed by atoms with Crippen molar-refractivity contribution in [1.29, 1.82) is 0 Å². The van der Waals surface area contributed by atoms with E-state index < -0.39 is 21.2 Å². The molecule has 13 heteroatoms. The Balaban J connectivity index is 2.67. The molecule has 0 saturated heterocycles. The van der Waals surface area contributed by atoms with Gasteiger partial charge in [-0.05, 0) is 35.8 Å². The second-order valence-electron chi connectivity index (χ2n) is 6.62. The van der Waals surface area contributed by atoms with Crippen molar-refractivity contribution in [1.82, 2.24) is 0 Å². The van der Waals surface area contributed by atoms with Gasteiger partial charge in [0.1, 0.15) is 11.4 Å². The van der Waals surface area contributed by atoms with Crippen LogP contribution in [-0.4, -0.2) is 36.0 Å². The summed E-state index contributed by atoms with van der Waals surface area (Å²) in [4.78, 5) is 35.1. The summed E-state index contributed by atoms with van der Waals surface area (Å²) in [7, 11) is 1.49. The van der Waals surface area contributed by atoms with Gasteiger partial charge in [-0.15, -0.1) is 10.2 Å². The summed E-state index contributed by atoms with van der Waals surface area (Å²) in [6.45, 7) is 7.04. The van der Waals surface area contributed by atoms with Crippen LogP contribution in [0.25, 0.3) is 0 Å². The van der Waals surface area contributed by atoms with Gasteiger partial charge in [-0.25, -0.2) is 0 Å². The Kier molecular flexibility index (Phi) is 8.79. The first-order chi connectivity index (χ1) is 15.7. The number of ether oxygens (including phenoxy) is 1. The summed E-state index contributed by atoms with van der Waals surface area (Å²) in [5.41, 5.74) is 0.0120. The van der Waals surface area contributed by atoms with Crippen LogP contribution in [0.1, 0.15) is 27.2 Å². The normalized spacial score (nSPS) is 10.8. The Hall–Kier alpha value is -3.61. The van der Waals surface area contributed by atoms with E-state index in [0.717, 1.165) is 17.8 Å². The van der Waals surface area contributed by atoms with Crippen molar-refractivity contribution < 1.29 is 19.4 Å². The summed E-state index contributed by atoms with van der Waals surface area (Å²) in [6, 6.07) is 5.18. The second-order valence-corrected chi connectivity index (χ2v) is 7.48. The molecule has 0 fully saturated rings. The molecule has 33 heavy (non-hydrogen) atoms. The van der Waals surface area contributed by atoms with Crippen LogP contribution in [-0.2, 0) is 4.79 Å². The highest BCUT2D eigenvalue weighted by atomic mass is 79.9. The van der Waals surface area contributed by atoms with E-state index in [1.807, 2.05) is 18.7 Å². The highest BCUT2D eigenvalue weighted by molar-refractivity contribution is 9.10. The van der Waals surface area contributed by atoms with E-state index in [2.05, 4.69) is 31.5 Å². The lowest BCUT2D eigenvalue weighted by atomic mass is 10.2. The Morgan fingerprint density at radius 2 is 1.76 bits per heavy atom. The lowest BCUT2D eigenvalue weighted by molar-refractivity contribution is -0.393. The van der Waals surface area contributed by atoms with Crippen LogP contribution in [0.4, 0.5) is 34.1 Å². The number of halogens is 1. The molecule has 1 N–H and O–H groups in total. The minimum absolute atomic E-state index is 0.0259. The molecule has 0 atom stereocenters. The predicted octanol–water partition coefficient (Wildman–Crippen LogP) is 5.88. The molecule has 176 valence electrons. The van der Waals surface area contributed by atoms with E-state index >= 15 is 0 Å². The van der Waals surface area contributed by atoms with Crippen LogP contribution in [0, 0.1) is 20.2 Å². The van der Waals surface area contributed by atoms with Gasteiger partial charge in [0.25, 0.3) is 5.69 Å². The fourth-order valence-corrected chi connectivity index (χ4v) is 3.49. The minimum atomic E-state index is -0.782. The van der Waals surface area contributed by atoms with Crippen LogP contribution >= 0.6 is 15.9 Å². The van der Waals surface area contributed by atoms with E-state index in [1.54, 1.807) is 19.1 Å². The van der Waals surface area contributed by atoms with Crippen molar-refractivity contribution in [3.8, 4) is 5.75 Å². The molecule has 0 saturated carbocycles. The molecule has 2 aromatic carbocycles. The molecule has 0 aliphatic rings. The van der Waals surface area contributed by atoms with Gasteiger partial charge >= 0.3 is 5.69 Å². The van der Waals surface area contributed by atoms with Crippen LogP contribution in [0.3, 0.4) is 0 Å². The van der Waals surface area contributed by atoms with Gasteiger partial charge in [0, 0.05) is 31.6 Å². The van der Waals surface area contributed by atoms with Gasteiger partial charge in [0.2, 0.25) is 5.91 Å². The number of nitro benzene ring substituents is 2. The maximum absolute atomic E-state index is 12.1. The third-order valence-corrected chi connectivity index (χ3v) is 5.29. The Labute approximate surface area is 198 Å². The molecular weight excluding hydrogens is 500 g/mol. The standard InChI is InChI=1S/C20H23BrN6O6/c1-5-19(28)22-14-10-16(25(6-2)7-3)18(33-4)11-15(14)23-24-20-13(21)8-12(26(29)30)9-17(20)27(31)32/h8-11H,5-7H2,1-4H3,(H,22,28). The minimum Gasteiger partial charge on any atom is -0.494 e. The van der Waals surface area contributed by atoms with Crippen molar-refractivity contribution in [2.45, 2.75) is 27.2 Å². The van der Waals surface area contributed by atoms with E-state index in [9.17, 15) is 25.0 Å². The lowest BCUT2D eigenvalue weighted by Crippen LogP contribution is -2.22. The largest absolute Gasteiger partial charge is 0.494 e. The van der Waals surface area contributed by atoms with Gasteiger partial charge in [0.15, 0.2) is 5.69 Å². The average Bonchev–Trinajstić information content (AvgIpc) is 2.79. The smallest absolute Gasteiger partial charge is 0.304 e. The van der Waals surface area contributed by atoms with Crippen LogP contribution in [0.5, 0.6) is 5.75 Å². The topological polar surface area (TPSA) is 153 Å². The van der Waals surface area contributed by atoms with Gasteiger partial charge in [-0.2, -0.15) is 0 Å². The highest BCUT2D eigenvalue weighted by Gasteiger charge is 2.24. The number of nitrogens with one attached hydrogen (secondary N) is 1. The number of methoxy groups -OCH3 is 1. The number of hydrogen-bond acceptors (Lipinski definition) is 9. The first-order valence-electron chi connectivity index (χ1n) is 9.97. The van der Waals surface area contributed by atoms with Crippen LogP contribution in [0.2, 0.25) is 0 Å². The zero-order valence-corrected chi connectivity index (χ0v) is 20.1. The number of azo groups is 1. The van der Waals surface area contributed by atoms with Gasteiger partial charge < -0.3 is 15.0 Å². The van der Waals surface area contributed by atoms with Gasteiger partial charge in [0.05, 0.1) is 38.9 Å². The molecule has 0 heterocycles. The number of anilines is 2. The molecule has 0 radical (unpaired) electrons. The van der Waals surface area contributed by atoms with Crippen molar-refractivity contribution in [3.05, 3.63) is 49.0 Å². The van der Waals surface area contributed by atoms with Gasteiger partial charge in [-0.1, -0.05) is 6.92 Å². The van der Waals surface area contributed by atoms with E-state index in [0.29, 0.717) is 24.5 Å². The van der Waals surface area contributed by atoms with Crippen molar-refractivity contribution >= 4 is 56.0 Å². The summed E-state index contributed by atoms with van der Waals surface area (Å²) < 4.78 is 5.51. The quantitative estimate of drug-likeness (QED) is 0.232. The van der Waals surface area contributed by atoms with Crippen molar-refractivity contribution in [3.63, 3.8) is 0 Å². The van der Waals surface area contributed by atoms with E-state index in [-0.39, 0.29) is 28.2 Å². The maximum atomic E-state index is 12.1. The van der Waals surface area contributed by atoms with Crippen molar-refractivity contribution in [2.75, 3.05) is 30.4 Å². The van der Waals surface area contributed by atoms with Crippen LogP contribution in [0.15, 0.2) is 39.0 Å². The number of nitrogens with zero attached hydrogens (tertiary/aromatic N) is 5. The average molecular weight is 523 g/mol. The molecule has 2 rings (SSSR count). The Bertz CT molecular complexity index is 1100. The maximum Gasteiger partial charge on any atom is 0.304 e. The van der Waals surface area contributed by atoms with Crippen LogP contribution < -0.4 is 15.0 Å². The number of amides is 1. The highest BCUT2D eigenvalue weighted by Crippen LogP contribution is 2.42. The zero-order chi connectivity index (χ0) is 24.7. The summed E-state index contributed by atoms with van der Waals surface area (Å²) in [5.74, 6) is 0.212. The summed E-state index contributed by atoms with van der Waals surface area (Å²) in [5, 5.41) is 33.4. The third kappa shape index (κ3) is 6.00. The number of rotatable bonds is 10. The SMILES string of the molecule is CCC(=O)Nc1cc(N(CC)CC)c(OC)cc1N=Nc1c(Br)cc([N+](=O)[O-])cc1[N+](=O)[O-].